The number of hydrogen-bond donors (Lipinski definition) is 0. The summed E-state index contributed by atoms with van der Waals surface area (Å²) in [6.07, 6.45) is 10.5. The Bertz CT molecular complexity index is 1720. The van der Waals surface area contributed by atoms with Crippen LogP contribution in [0.15, 0.2) is 122 Å². The molecule has 0 N–H and O–H groups in total. The Labute approximate surface area is 285 Å². The van der Waals surface area contributed by atoms with E-state index in [1.807, 2.05) is 59.3 Å². The number of para-hydroxylation sites is 1. The number of imidazole rings is 1. The normalized spacial score (nSPS) is 17.6. The lowest BCUT2D eigenvalue weighted by atomic mass is 9.99. The third-order valence-electron chi connectivity index (χ3n) is 7.73. The molecule has 47 heavy (non-hydrogen) atoms. The highest BCUT2D eigenvalue weighted by molar-refractivity contribution is 6.34. The molecule has 0 saturated carbocycles. The first-order valence-corrected chi connectivity index (χ1v) is 16.4. The van der Waals surface area contributed by atoms with Gasteiger partial charge in [0.15, 0.2) is 6.29 Å². The first kappa shape index (κ1) is 32.8. The van der Waals surface area contributed by atoms with E-state index in [4.69, 9.17) is 42.1 Å². The van der Waals surface area contributed by atoms with Crippen molar-refractivity contribution < 1.29 is 18.9 Å². The predicted octanol–water partition coefficient (Wildman–Crippen LogP) is 8.56. The van der Waals surface area contributed by atoms with Crippen LogP contribution < -0.4 is 9.47 Å². The number of fused-ring (bicyclic) bond motifs is 1. The summed E-state index contributed by atoms with van der Waals surface area (Å²) in [5.41, 5.74) is 3.86. The Morgan fingerprint density at radius 3 is 2.47 bits per heavy atom. The topological polar surface area (TPSA) is 58.0 Å². The maximum Gasteiger partial charge on any atom is 0.176 e. The van der Waals surface area contributed by atoms with Crippen molar-refractivity contribution in [2.75, 3.05) is 26.3 Å². The molecule has 0 bridgehead atoms. The van der Waals surface area contributed by atoms with E-state index in [1.54, 1.807) is 30.7 Å². The highest BCUT2D eigenvalue weighted by atomic mass is 35.5. The van der Waals surface area contributed by atoms with Crippen molar-refractivity contribution in [3.8, 4) is 17.2 Å². The number of halogens is 2. The van der Waals surface area contributed by atoms with Gasteiger partial charge in [-0.15, -0.1) is 0 Å². The zero-order valence-electron chi connectivity index (χ0n) is 26.0. The van der Waals surface area contributed by atoms with E-state index >= 15 is 0 Å². The molecule has 0 spiro atoms. The molecule has 0 radical (unpaired) electrons. The number of hydrogen-bond acceptors (Lipinski definition) is 6. The molecule has 7 rings (SSSR count). The summed E-state index contributed by atoms with van der Waals surface area (Å²) >= 11 is 11.1. The van der Waals surface area contributed by atoms with Crippen LogP contribution in [0.3, 0.4) is 0 Å². The molecular weight excluding hydrogens is 633 g/mol. The van der Waals surface area contributed by atoms with Crippen LogP contribution in [0.1, 0.15) is 16.7 Å². The number of ether oxygens (including phenoxy) is 4. The summed E-state index contributed by atoms with van der Waals surface area (Å²) in [6, 6.07) is 31.6. The van der Waals surface area contributed by atoms with Gasteiger partial charge in [-0.3, -0.25) is 4.90 Å². The third-order valence-corrected chi connectivity index (χ3v) is 8.20. The quantitative estimate of drug-likeness (QED) is 0.149. The van der Waals surface area contributed by atoms with Crippen LogP contribution in [0.5, 0.6) is 17.2 Å². The van der Waals surface area contributed by atoms with Gasteiger partial charge in [0.25, 0.3) is 0 Å². The lowest BCUT2D eigenvalue weighted by Gasteiger charge is -2.28. The molecule has 242 valence electrons. The molecule has 0 amide bonds. The van der Waals surface area contributed by atoms with Gasteiger partial charge in [0.05, 0.1) is 19.5 Å². The second kappa shape index (κ2) is 16.6. The van der Waals surface area contributed by atoms with Crippen molar-refractivity contribution in [2.24, 2.45) is 0 Å². The molecule has 2 unspecified atom stereocenters. The van der Waals surface area contributed by atoms with Crippen molar-refractivity contribution >= 4 is 29.3 Å². The number of benzene rings is 4. The first-order valence-electron chi connectivity index (χ1n) is 15.7. The van der Waals surface area contributed by atoms with Crippen molar-refractivity contribution in [3.05, 3.63) is 149 Å². The van der Waals surface area contributed by atoms with Gasteiger partial charge in [-0.2, -0.15) is 0 Å². The molecule has 1 saturated heterocycles. The maximum absolute atomic E-state index is 6.07. The molecule has 2 atom stereocenters. The zero-order valence-corrected chi connectivity index (χ0v) is 27.5. The molecule has 3 heterocycles. The van der Waals surface area contributed by atoms with Crippen molar-refractivity contribution in [1.29, 1.82) is 0 Å². The summed E-state index contributed by atoms with van der Waals surface area (Å²) in [6.45, 7) is 4.52. The third kappa shape index (κ3) is 10.2. The van der Waals surface area contributed by atoms with Crippen LogP contribution in [-0.2, 0) is 29.0 Å². The van der Waals surface area contributed by atoms with E-state index in [9.17, 15) is 0 Å². The Kier molecular flexibility index (Phi) is 11.6. The second-order valence-electron chi connectivity index (χ2n) is 11.3. The van der Waals surface area contributed by atoms with E-state index in [1.165, 1.54) is 11.1 Å². The summed E-state index contributed by atoms with van der Waals surface area (Å²) in [4.78, 5) is 6.52. The molecule has 0 aliphatic carbocycles. The van der Waals surface area contributed by atoms with Crippen LogP contribution in [0.25, 0.3) is 6.08 Å². The standard InChI is InChI=1S/C32H33N3O4.C6H4Cl2/c1-2-8-28(9-3-1)38-30-10-4-6-25(18-30)7-5-15-34-16-13-26-19-29(12-11-27(26)20-34)36-22-31-23-37-32(39-31)21-35-17-14-33-24-35;7-5-2-1-3-6(8)4-5/h1-12,14,17-19,24,31-32H,13,15-16,20-23H2;1-4H/b7-5+;. The molecule has 1 aromatic heterocycles. The van der Waals surface area contributed by atoms with Crippen molar-refractivity contribution in [1.82, 2.24) is 14.5 Å². The fourth-order valence-corrected chi connectivity index (χ4v) is 5.82. The molecule has 9 heteroatoms. The highest BCUT2D eigenvalue weighted by Gasteiger charge is 2.27. The van der Waals surface area contributed by atoms with Gasteiger partial charge in [-0.1, -0.05) is 77.8 Å². The van der Waals surface area contributed by atoms with Crippen LogP contribution in [-0.4, -0.2) is 53.1 Å². The van der Waals surface area contributed by atoms with Gasteiger partial charge in [0.1, 0.15) is 30.0 Å². The SMILES string of the molecule is C(=C\c1cccc(Oc2ccccc2)c1)/CN1CCc2cc(OCC3COC(Cn4ccnc4)O3)ccc2C1.Clc1cccc(Cl)c1. The van der Waals surface area contributed by atoms with E-state index in [0.29, 0.717) is 29.8 Å². The van der Waals surface area contributed by atoms with Gasteiger partial charge in [-0.05, 0) is 77.7 Å². The lowest BCUT2D eigenvalue weighted by molar-refractivity contribution is -0.0726. The first-order chi connectivity index (χ1) is 23.1. The Morgan fingerprint density at radius 2 is 1.68 bits per heavy atom. The monoisotopic (exact) mass is 669 g/mol. The van der Waals surface area contributed by atoms with Crippen molar-refractivity contribution in [2.45, 2.75) is 31.9 Å². The zero-order chi connectivity index (χ0) is 32.3. The van der Waals surface area contributed by atoms with Crippen LogP contribution in [0.2, 0.25) is 10.0 Å². The van der Waals surface area contributed by atoms with Gasteiger partial charge in [0.2, 0.25) is 0 Å². The Hall–Kier alpha value is -4.11. The molecule has 2 aliphatic heterocycles. The minimum atomic E-state index is -0.261. The lowest BCUT2D eigenvalue weighted by Crippen LogP contribution is -2.30. The van der Waals surface area contributed by atoms with Crippen LogP contribution in [0.4, 0.5) is 0 Å². The largest absolute Gasteiger partial charge is 0.491 e. The Morgan fingerprint density at radius 1 is 0.851 bits per heavy atom. The van der Waals surface area contributed by atoms with Gasteiger partial charge < -0.3 is 23.5 Å². The van der Waals surface area contributed by atoms with Gasteiger partial charge in [-0.25, -0.2) is 4.98 Å². The second-order valence-corrected chi connectivity index (χ2v) is 12.2. The summed E-state index contributed by atoms with van der Waals surface area (Å²) in [5, 5.41) is 1.36. The smallest absolute Gasteiger partial charge is 0.176 e. The minimum Gasteiger partial charge on any atom is -0.491 e. The van der Waals surface area contributed by atoms with Gasteiger partial charge >= 0.3 is 0 Å². The predicted molar refractivity (Wildman–Crippen MR) is 186 cm³/mol. The molecule has 5 aromatic rings. The van der Waals surface area contributed by atoms with E-state index < -0.39 is 0 Å². The van der Waals surface area contributed by atoms with E-state index in [-0.39, 0.29) is 12.4 Å². The van der Waals surface area contributed by atoms with Crippen molar-refractivity contribution in [3.63, 3.8) is 0 Å². The molecule has 4 aromatic carbocycles. The molecule has 1 fully saturated rings. The van der Waals surface area contributed by atoms with E-state index in [2.05, 4.69) is 52.4 Å². The van der Waals surface area contributed by atoms with Crippen LogP contribution >= 0.6 is 23.2 Å². The Balaban J connectivity index is 0.000000424. The molecule has 2 aliphatic rings. The fourth-order valence-electron chi connectivity index (χ4n) is 5.38. The highest BCUT2D eigenvalue weighted by Crippen LogP contribution is 2.26. The molecule has 7 nitrogen and oxygen atoms in total. The summed E-state index contributed by atoms with van der Waals surface area (Å²) in [5.74, 6) is 2.58. The van der Waals surface area contributed by atoms with Crippen LogP contribution in [0, 0.1) is 0 Å². The number of aromatic nitrogens is 2. The summed E-state index contributed by atoms with van der Waals surface area (Å²) in [7, 11) is 0. The number of rotatable bonds is 10. The maximum atomic E-state index is 6.07. The average Bonchev–Trinajstić information content (AvgIpc) is 3.77. The van der Waals surface area contributed by atoms with Gasteiger partial charge in [0, 0.05) is 42.1 Å². The molecular formula is C38H37Cl2N3O4. The minimum absolute atomic E-state index is 0.0672. The summed E-state index contributed by atoms with van der Waals surface area (Å²) < 4.78 is 25.7. The number of nitrogens with zero attached hydrogens (tertiary/aromatic N) is 3. The van der Waals surface area contributed by atoms with E-state index in [0.717, 1.165) is 48.9 Å². The fraction of sp³-hybridized carbons (Fsp3) is 0.237. The average molecular weight is 671 g/mol.